The highest BCUT2D eigenvalue weighted by atomic mass is 35.5. The Morgan fingerprint density at radius 3 is 2.31 bits per heavy atom. The lowest BCUT2D eigenvalue weighted by molar-refractivity contribution is 0.0882. The minimum Gasteiger partial charge on any atom is -0.491 e. The molecule has 29 heavy (non-hydrogen) atoms. The van der Waals surface area contributed by atoms with E-state index in [0.717, 1.165) is 10.9 Å². The Labute approximate surface area is 172 Å². The minimum absolute atomic E-state index is 0.0249. The Kier molecular flexibility index (Phi) is 5.60. The first kappa shape index (κ1) is 19.2. The summed E-state index contributed by atoms with van der Waals surface area (Å²) < 4.78 is 6.89. The normalized spacial score (nSPS) is 12.1. The highest BCUT2D eigenvalue weighted by molar-refractivity contribution is 6.30. The van der Waals surface area contributed by atoms with Gasteiger partial charge >= 0.3 is 0 Å². The molecule has 0 saturated carbocycles. The number of rotatable bonds is 6. The molecule has 1 aromatic heterocycles. The summed E-state index contributed by atoms with van der Waals surface area (Å²) in [5.41, 5.74) is 1.36. The predicted molar refractivity (Wildman–Crippen MR) is 114 cm³/mol. The first-order chi connectivity index (χ1) is 14.1. The highest BCUT2D eigenvalue weighted by Crippen LogP contribution is 2.24. The smallest absolute Gasteiger partial charge is 0.274 e. The zero-order valence-corrected chi connectivity index (χ0v) is 16.3. The standard InChI is InChI=1S/C23H19ClN2O3/c24-17-10-12-19(13-11-17)29-15-18(27)14-26-23(28)21-9-5-4-8-20(21)22(25-26)16-6-2-1-3-7-16/h1-13,18,27H,14-15H2/t18-/m1/s1. The Morgan fingerprint density at radius 2 is 1.59 bits per heavy atom. The molecule has 1 N–H and O–H groups in total. The number of halogens is 1. The maximum atomic E-state index is 12.9. The maximum absolute atomic E-state index is 12.9. The lowest BCUT2D eigenvalue weighted by Crippen LogP contribution is -2.32. The Morgan fingerprint density at radius 1 is 0.931 bits per heavy atom. The first-order valence-electron chi connectivity index (χ1n) is 9.23. The summed E-state index contributed by atoms with van der Waals surface area (Å²) in [6.07, 6.45) is -0.902. The largest absolute Gasteiger partial charge is 0.491 e. The highest BCUT2D eigenvalue weighted by Gasteiger charge is 2.15. The van der Waals surface area contributed by atoms with Crippen molar-refractivity contribution in [3.63, 3.8) is 0 Å². The summed E-state index contributed by atoms with van der Waals surface area (Å²) in [5.74, 6) is 0.595. The molecule has 3 aromatic carbocycles. The molecule has 1 heterocycles. The van der Waals surface area contributed by atoms with Gasteiger partial charge in [-0.25, -0.2) is 4.68 Å². The average Bonchev–Trinajstić information content (AvgIpc) is 2.76. The third kappa shape index (κ3) is 4.31. The van der Waals surface area contributed by atoms with Crippen molar-refractivity contribution in [1.82, 2.24) is 9.78 Å². The molecule has 0 aliphatic carbocycles. The number of hydrogen-bond donors (Lipinski definition) is 1. The molecule has 0 aliphatic heterocycles. The van der Waals surface area contributed by atoms with Gasteiger partial charge in [0, 0.05) is 16.0 Å². The molecule has 0 spiro atoms. The van der Waals surface area contributed by atoms with Crippen LogP contribution in [0.2, 0.25) is 5.02 Å². The van der Waals surface area contributed by atoms with Gasteiger partial charge in [0.15, 0.2) is 0 Å². The van der Waals surface area contributed by atoms with Crippen molar-refractivity contribution in [2.75, 3.05) is 6.61 Å². The van der Waals surface area contributed by atoms with Crippen LogP contribution in [0.1, 0.15) is 0 Å². The van der Waals surface area contributed by atoms with Crippen LogP contribution in [-0.2, 0) is 6.54 Å². The molecule has 1 atom stereocenters. The number of fused-ring (bicyclic) bond motifs is 1. The number of ether oxygens (including phenoxy) is 1. The van der Waals surface area contributed by atoms with E-state index in [-0.39, 0.29) is 18.7 Å². The number of aliphatic hydroxyl groups excluding tert-OH is 1. The summed E-state index contributed by atoms with van der Waals surface area (Å²) in [6, 6.07) is 23.9. The molecule has 0 amide bonds. The van der Waals surface area contributed by atoms with Gasteiger partial charge in [-0.2, -0.15) is 5.10 Å². The van der Waals surface area contributed by atoms with E-state index >= 15 is 0 Å². The van der Waals surface area contributed by atoms with Crippen molar-refractivity contribution < 1.29 is 9.84 Å². The number of aromatic nitrogens is 2. The number of hydrogen-bond acceptors (Lipinski definition) is 4. The molecule has 146 valence electrons. The number of nitrogens with zero attached hydrogens (tertiary/aromatic N) is 2. The van der Waals surface area contributed by atoms with E-state index in [9.17, 15) is 9.90 Å². The summed E-state index contributed by atoms with van der Waals surface area (Å²) in [5, 5.41) is 16.9. The van der Waals surface area contributed by atoms with E-state index in [1.807, 2.05) is 48.5 Å². The lowest BCUT2D eigenvalue weighted by Gasteiger charge is -2.15. The molecule has 4 aromatic rings. The average molecular weight is 407 g/mol. The molecule has 0 bridgehead atoms. The summed E-state index contributed by atoms with van der Waals surface area (Å²) in [7, 11) is 0. The third-order valence-electron chi connectivity index (χ3n) is 4.55. The van der Waals surface area contributed by atoms with Crippen LogP contribution in [0.5, 0.6) is 5.75 Å². The van der Waals surface area contributed by atoms with Crippen LogP contribution in [0.4, 0.5) is 0 Å². The summed E-state index contributed by atoms with van der Waals surface area (Å²) in [6.45, 7) is 0.0559. The zero-order chi connectivity index (χ0) is 20.2. The van der Waals surface area contributed by atoms with E-state index in [0.29, 0.717) is 21.9 Å². The second kappa shape index (κ2) is 8.47. The third-order valence-corrected chi connectivity index (χ3v) is 4.81. The van der Waals surface area contributed by atoms with Crippen LogP contribution in [0.15, 0.2) is 83.7 Å². The molecule has 0 fully saturated rings. The van der Waals surface area contributed by atoms with Crippen molar-refractivity contribution in [2.45, 2.75) is 12.6 Å². The van der Waals surface area contributed by atoms with Crippen molar-refractivity contribution in [3.05, 3.63) is 94.2 Å². The molecular weight excluding hydrogens is 388 g/mol. The van der Waals surface area contributed by atoms with Gasteiger partial charge in [-0.1, -0.05) is 60.1 Å². The van der Waals surface area contributed by atoms with E-state index < -0.39 is 6.10 Å². The molecule has 6 heteroatoms. The van der Waals surface area contributed by atoms with Gasteiger partial charge in [0.05, 0.1) is 17.6 Å². The molecule has 0 saturated heterocycles. The molecule has 5 nitrogen and oxygen atoms in total. The van der Waals surface area contributed by atoms with Crippen molar-refractivity contribution in [2.24, 2.45) is 0 Å². The maximum Gasteiger partial charge on any atom is 0.274 e. The number of benzene rings is 3. The lowest BCUT2D eigenvalue weighted by atomic mass is 10.1. The van der Waals surface area contributed by atoms with Crippen molar-refractivity contribution >= 4 is 22.4 Å². The van der Waals surface area contributed by atoms with Crippen molar-refractivity contribution in [3.8, 4) is 17.0 Å². The van der Waals surface area contributed by atoms with Gasteiger partial charge in [0.1, 0.15) is 18.5 Å². The van der Waals surface area contributed by atoms with Crippen LogP contribution in [0, 0.1) is 0 Å². The monoisotopic (exact) mass is 406 g/mol. The van der Waals surface area contributed by atoms with Crippen LogP contribution in [0.3, 0.4) is 0 Å². The van der Waals surface area contributed by atoms with Crippen LogP contribution < -0.4 is 10.3 Å². The van der Waals surface area contributed by atoms with Gasteiger partial charge < -0.3 is 9.84 Å². The second-order valence-electron chi connectivity index (χ2n) is 6.67. The van der Waals surface area contributed by atoms with E-state index in [4.69, 9.17) is 16.3 Å². The van der Waals surface area contributed by atoms with Crippen LogP contribution in [0.25, 0.3) is 22.0 Å². The molecule has 4 rings (SSSR count). The second-order valence-corrected chi connectivity index (χ2v) is 7.10. The minimum atomic E-state index is -0.902. The van der Waals surface area contributed by atoms with E-state index in [1.165, 1.54) is 4.68 Å². The summed E-state index contributed by atoms with van der Waals surface area (Å²) in [4.78, 5) is 12.9. The summed E-state index contributed by atoms with van der Waals surface area (Å²) >= 11 is 5.86. The van der Waals surface area contributed by atoms with E-state index in [2.05, 4.69) is 5.10 Å². The topological polar surface area (TPSA) is 64.4 Å². The van der Waals surface area contributed by atoms with Crippen LogP contribution >= 0.6 is 11.6 Å². The zero-order valence-electron chi connectivity index (χ0n) is 15.5. The fourth-order valence-electron chi connectivity index (χ4n) is 3.14. The van der Waals surface area contributed by atoms with Gasteiger partial charge in [-0.05, 0) is 30.3 Å². The van der Waals surface area contributed by atoms with E-state index in [1.54, 1.807) is 30.3 Å². The van der Waals surface area contributed by atoms with Gasteiger partial charge in [0.2, 0.25) is 0 Å². The van der Waals surface area contributed by atoms with Crippen molar-refractivity contribution in [1.29, 1.82) is 0 Å². The van der Waals surface area contributed by atoms with Gasteiger partial charge in [-0.15, -0.1) is 0 Å². The fraction of sp³-hybridized carbons (Fsp3) is 0.130. The van der Waals surface area contributed by atoms with Gasteiger partial charge in [-0.3, -0.25) is 4.79 Å². The van der Waals surface area contributed by atoms with Crippen LogP contribution in [-0.4, -0.2) is 27.6 Å². The first-order valence-corrected chi connectivity index (χ1v) is 9.61. The molecule has 0 radical (unpaired) electrons. The molecule has 0 aliphatic rings. The number of aliphatic hydroxyl groups is 1. The fourth-order valence-corrected chi connectivity index (χ4v) is 3.27. The van der Waals surface area contributed by atoms with Gasteiger partial charge in [0.25, 0.3) is 5.56 Å². The quantitative estimate of drug-likeness (QED) is 0.522. The predicted octanol–water partition coefficient (Wildman–Crippen LogP) is 4.16. The molecular formula is C23H19ClN2O3. The Balaban J connectivity index is 1.62. The molecule has 0 unspecified atom stereocenters. The SMILES string of the molecule is O=c1c2ccccc2c(-c2ccccc2)nn1C[C@@H](O)COc1ccc(Cl)cc1. The Hall–Kier alpha value is -3.15. The Bertz CT molecular complexity index is 1170.